The number of aliphatic hydroxyl groups excluding tert-OH is 1. The molecule has 14 nitrogen and oxygen atoms in total. The minimum absolute atomic E-state index is 0.106. The van der Waals surface area contributed by atoms with Crippen LogP contribution in [-0.4, -0.2) is 126 Å². The molecular weight excluding hydrogens is 604 g/mol. The van der Waals surface area contributed by atoms with E-state index in [0.717, 1.165) is 0 Å². The second kappa shape index (κ2) is 13.8. The van der Waals surface area contributed by atoms with Gasteiger partial charge in [0.25, 0.3) is 0 Å². The van der Waals surface area contributed by atoms with Gasteiger partial charge in [-0.1, -0.05) is 20.8 Å². The molecule has 0 aromatic carbocycles. The first-order chi connectivity index (χ1) is 21.4. The van der Waals surface area contributed by atoms with E-state index in [9.17, 15) is 24.3 Å². The summed E-state index contributed by atoms with van der Waals surface area (Å²) in [4.78, 5) is 54.6. The molecule has 1 amide bonds. The third-order valence-electron chi connectivity index (χ3n) is 10.1. The Balaban J connectivity index is 1.74. The lowest BCUT2D eigenvalue weighted by Gasteiger charge is -2.46. The van der Waals surface area contributed by atoms with Gasteiger partial charge in [0, 0.05) is 33.0 Å². The average Bonchev–Trinajstić information content (AvgIpc) is 3.40. The van der Waals surface area contributed by atoms with E-state index in [1.54, 1.807) is 34.7 Å². The predicted octanol–water partition coefficient (Wildman–Crippen LogP) is 2.87. The Bertz CT molecular complexity index is 1150. The van der Waals surface area contributed by atoms with Gasteiger partial charge in [0.1, 0.15) is 17.8 Å². The predicted molar refractivity (Wildman–Crippen MR) is 161 cm³/mol. The van der Waals surface area contributed by atoms with Crippen LogP contribution in [0, 0.1) is 17.8 Å². The highest BCUT2D eigenvalue weighted by Gasteiger charge is 2.57. The number of nitrogens with zero attached hydrogens (tertiary/aromatic N) is 2. The van der Waals surface area contributed by atoms with Crippen molar-refractivity contribution >= 4 is 24.2 Å². The number of ether oxygens (including phenoxy) is 7. The summed E-state index contributed by atoms with van der Waals surface area (Å²) >= 11 is 0. The van der Waals surface area contributed by atoms with Gasteiger partial charge in [0.2, 0.25) is 0 Å². The van der Waals surface area contributed by atoms with Crippen molar-refractivity contribution in [3.05, 3.63) is 0 Å². The van der Waals surface area contributed by atoms with Crippen LogP contribution in [0.1, 0.15) is 74.7 Å². The van der Waals surface area contributed by atoms with E-state index < -0.39 is 84.0 Å². The fourth-order valence-electron chi connectivity index (χ4n) is 7.75. The second-order valence-electron chi connectivity index (χ2n) is 14.2. The van der Waals surface area contributed by atoms with Gasteiger partial charge in [0.05, 0.1) is 24.2 Å². The van der Waals surface area contributed by atoms with Crippen LogP contribution in [0.5, 0.6) is 0 Å². The summed E-state index contributed by atoms with van der Waals surface area (Å²) in [7, 11) is 3.54. The van der Waals surface area contributed by atoms with E-state index in [1.165, 1.54) is 11.8 Å². The van der Waals surface area contributed by atoms with E-state index in [-0.39, 0.29) is 24.6 Å². The highest BCUT2D eigenvalue weighted by atomic mass is 16.8. The number of amides is 1. The summed E-state index contributed by atoms with van der Waals surface area (Å²) in [6.07, 6.45) is -6.16. The van der Waals surface area contributed by atoms with E-state index in [0.29, 0.717) is 25.8 Å². The van der Waals surface area contributed by atoms with Crippen LogP contribution >= 0.6 is 0 Å². The molecule has 4 heterocycles. The quantitative estimate of drug-likeness (QED) is 0.348. The Labute approximate surface area is 271 Å². The number of carbonyl (C=O) groups excluding carboxylic acids is 4. The van der Waals surface area contributed by atoms with Crippen LogP contribution in [0.2, 0.25) is 0 Å². The Hall–Kier alpha value is -2.68. The standard InChI is InChI=1S/C32H52N2O12/c1-11-22-32(8)23(42-30(39)46-32)15-33(9)14-16(2)13-31(7,45-20(6)35)26(18(4)24(36)19(5)27(37)41-22)44-28-25-21(12-17(3)40-28)34(10)29(38)43-25/h16-19,21-26,28,36H,11-15H2,1-10H3/t16-,17-,18+,19-,21+,22-,23-,24-,25-,26-,28?,31-,32-/m1/s1. The molecule has 13 atom stereocenters. The minimum atomic E-state index is -1.33. The van der Waals surface area contributed by atoms with Gasteiger partial charge in [-0.15, -0.1) is 0 Å². The molecule has 0 spiro atoms. The lowest BCUT2D eigenvalue weighted by atomic mass is 9.77. The molecule has 46 heavy (non-hydrogen) atoms. The van der Waals surface area contributed by atoms with Crippen LogP contribution in [0.4, 0.5) is 9.59 Å². The zero-order valence-electron chi connectivity index (χ0n) is 28.7. The Kier molecular flexibility index (Phi) is 10.9. The minimum Gasteiger partial charge on any atom is -0.458 e. The number of rotatable bonds is 4. The van der Waals surface area contributed by atoms with Crippen molar-refractivity contribution in [2.75, 3.05) is 27.2 Å². The van der Waals surface area contributed by atoms with Gasteiger partial charge < -0.3 is 48.1 Å². The van der Waals surface area contributed by atoms with Crippen molar-refractivity contribution in [3.8, 4) is 0 Å². The molecule has 4 aliphatic rings. The van der Waals surface area contributed by atoms with Crippen LogP contribution in [0.15, 0.2) is 0 Å². The first kappa shape index (κ1) is 36.2. The maximum Gasteiger partial charge on any atom is 0.509 e. The van der Waals surface area contributed by atoms with Crippen molar-refractivity contribution < 1.29 is 57.4 Å². The number of fused-ring (bicyclic) bond motifs is 2. The summed E-state index contributed by atoms with van der Waals surface area (Å²) in [6.45, 7) is 14.5. The molecule has 1 unspecified atom stereocenters. The van der Waals surface area contributed by atoms with Crippen molar-refractivity contribution in [2.45, 2.75) is 135 Å². The summed E-state index contributed by atoms with van der Waals surface area (Å²) in [5.41, 5.74) is -2.58. The molecule has 0 bridgehead atoms. The SMILES string of the molecule is CC[C@H]1OC(=O)[C@H](C)[C@H](O)[C@H](C)[C@@H](OC2O[C@H](C)C[C@H]3[C@H]2OC(=O)N3C)[C@](C)(OC(C)=O)C[C@@H](C)CN(C)C[C@H]2OC(=O)O[C@@]21C. The Morgan fingerprint density at radius 2 is 1.72 bits per heavy atom. The highest BCUT2D eigenvalue weighted by Crippen LogP contribution is 2.41. The topological polar surface area (TPSA) is 160 Å². The smallest absolute Gasteiger partial charge is 0.458 e. The zero-order chi connectivity index (χ0) is 34.3. The van der Waals surface area contributed by atoms with Gasteiger partial charge in [-0.3, -0.25) is 9.59 Å². The molecule has 1 N–H and O–H groups in total. The normalized spacial score (nSPS) is 44.5. The molecule has 0 saturated carbocycles. The van der Waals surface area contributed by atoms with Crippen LogP contribution in [0.3, 0.4) is 0 Å². The molecule has 4 rings (SSSR count). The molecule has 0 radical (unpaired) electrons. The van der Waals surface area contributed by atoms with Gasteiger partial charge >= 0.3 is 24.2 Å². The lowest BCUT2D eigenvalue weighted by molar-refractivity contribution is -0.290. The van der Waals surface area contributed by atoms with E-state index >= 15 is 0 Å². The number of cyclic esters (lactones) is 1. The molecule has 4 saturated heterocycles. The number of aliphatic hydroxyl groups is 1. The van der Waals surface area contributed by atoms with Crippen molar-refractivity contribution in [1.82, 2.24) is 9.80 Å². The van der Waals surface area contributed by atoms with Crippen molar-refractivity contribution in [1.29, 1.82) is 0 Å². The van der Waals surface area contributed by atoms with Gasteiger partial charge in [-0.05, 0) is 59.9 Å². The summed E-state index contributed by atoms with van der Waals surface area (Å²) in [5.74, 6) is -3.23. The van der Waals surface area contributed by atoms with Crippen LogP contribution in [0.25, 0.3) is 0 Å². The molecule has 0 aliphatic carbocycles. The number of hydrogen-bond donors (Lipinski definition) is 1. The van der Waals surface area contributed by atoms with Crippen LogP contribution in [-0.2, 0) is 42.7 Å². The lowest BCUT2D eigenvalue weighted by Crippen LogP contribution is -2.58. The third-order valence-corrected chi connectivity index (χ3v) is 10.1. The molecular formula is C32H52N2O12. The number of esters is 2. The van der Waals surface area contributed by atoms with E-state index in [4.69, 9.17) is 33.2 Å². The fraction of sp³-hybridized carbons (Fsp3) is 0.875. The Morgan fingerprint density at radius 1 is 1.04 bits per heavy atom. The van der Waals surface area contributed by atoms with Gasteiger partial charge in [0.15, 0.2) is 24.1 Å². The summed E-state index contributed by atoms with van der Waals surface area (Å²) in [6, 6.07) is -0.298. The fourth-order valence-corrected chi connectivity index (χ4v) is 7.75. The Morgan fingerprint density at radius 3 is 2.35 bits per heavy atom. The second-order valence-corrected chi connectivity index (χ2v) is 14.2. The summed E-state index contributed by atoms with van der Waals surface area (Å²) in [5, 5.41) is 11.8. The monoisotopic (exact) mass is 656 g/mol. The first-order valence-corrected chi connectivity index (χ1v) is 16.3. The molecule has 4 aliphatic heterocycles. The molecule has 262 valence electrons. The van der Waals surface area contributed by atoms with Crippen molar-refractivity contribution in [3.63, 3.8) is 0 Å². The molecule has 4 fully saturated rings. The van der Waals surface area contributed by atoms with E-state index in [2.05, 4.69) is 0 Å². The summed E-state index contributed by atoms with van der Waals surface area (Å²) < 4.78 is 41.7. The maximum absolute atomic E-state index is 13.6. The van der Waals surface area contributed by atoms with Gasteiger partial charge in [-0.2, -0.15) is 0 Å². The van der Waals surface area contributed by atoms with Gasteiger partial charge in [-0.25, -0.2) is 9.59 Å². The maximum atomic E-state index is 13.6. The molecule has 14 heteroatoms. The highest BCUT2D eigenvalue weighted by molar-refractivity contribution is 5.73. The third kappa shape index (κ3) is 7.24. The van der Waals surface area contributed by atoms with Crippen molar-refractivity contribution in [2.24, 2.45) is 17.8 Å². The molecule has 0 aromatic rings. The van der Waals surface area contributed by atoms with E-state index in [1.807, 2.05) is 32.7 Å². The van der Waals surface area contributed by atoms with Crippen LogP contribution < -0.4 is 0 Å². The number of likely N-dealkylation sites (N-methyl/N-ethyl adjacent to an activating group) is 2. The zero-order valence-corrected chi connectivity index (χ0v) is 28.7. The number of carbonyl (C=O) groups is 4. The first-order valence-electron chi connectivity index (χ1n) is 16.3. The largest absolute Gasteiger partial charge is 0.509 e. The number of hydrogen-bond acceptors (Lipinski definition) is 13. The average molecular weight is 657 g/mol. The molecule has 0 aromatic heterocycles.